The first-order valence-corrected chi connectivity index (χ1v) is 10.4. The van der Waals surface area contributed by atoms with Crippen LogP contribution in [0.2, 0.25) is 0 Å². The van der Waals surface area contributed by atoms with Gasteiger partial charge in [0.05, 0.1) is 18.3 Å². The first-order valence-electron chi connectivity index (χ1n) is 10.4. The molecule has 0 spiro atoms. The molecule has 166 valence electrons. The van der Waals surface area contributed by atoms with Gasteiger partial charge in [-0.1, -0.05) is 35.5 Å². The molecular formula is C25H23FN6O. The Balaban J connectivity index is 1.35. The quantitative estimate of drug-likeness (QED) is 0.342. The van der Waals surface area contributed by atoms with Crippen LogP contribution in [-0.4, -0.2) is 31.7 Å². The molecule has 0 atom stereocenters. The molecule has 0 fully saturated rings. The van der Waals surface area contributed by atoms with Gasteiger partial charge in [-0.15, -0.1) is 5.10 Å². The molecular weight excluding hydrogens is 419 g/mol. The lowest BCUT2D eigenvalue weighted by Gasteiger charge is -2.09. The van der Waals surface area contributed by atoms with Crippen LogP contribution in [0.3, 0.4) is 0 Å². The largest absolute Gasteiger partial charge is 0.318 e. The van der Waals surface area contributed by atoms with E-state index < -0.39 is 0 Å². The highest BCUT2D eigenvalue weighted by Gasteiger charge is 2.16. The van der Waals surface area contributed by atoms with E-state index in [1.54, 1.807) is 35.0 Å². The number of amides is 1. The topological polar surface area (TPSA) is 77.1 Å². The number of benzene rings is 2. The second-order valence-corrected chi connectivity index (χ2v) is 7.50. The average molecular weight is 442 g/mol. The predicted octanol–water partition coefficient (Wildman–Crippen LogP) is 4.30. The summed E-state index contributed by atoms with van der Waals surface area (Å²) in [5, 5.41) is 12.2. The summed E-state index contributed by atoms with van der Waals surface area (Å²) in [5.41, 5.74) is 7.26. The summed E-state index contributed by atoms with van der Waals surface area (Å²) in [6, 6.07) is 17.9. The van der Waals surface area contributed by atoms with E-state index in [2.05, 4.69) is 20.8 Å². The number of aromatic nitrogens is 4. The molecule has 2 aromatic heterocycles. The van der Waals surface area contributed by atoms with Crippen molar-refractivity contribution in [3.8, 4) is 5.69 Å². The Morgan fingerprint density at radius 2 is 1.88 bits per heavy atom. The Hall–Kier alpha value is -4.33. The van der Waals surface area contributed by atoms with Crippen molar-refractivity contribution < 1.29 is 9.18 Å². The van der Waals surface area contributed by atoms with Crippen LogP contribution >= 0.6 is 0 Å². The van der Waals surface area contributed by atoms with E-state index in [0.29, 0.717) is 17.8 Å². The fourth-order valence-corrected chi connectivity index (χ4v) is 3.56. The fraction of sp³-hybridized carbons (Fsp3) is 0.120. The number of aryl methyl sites for hydroxylation is 1. The Kier molecular flexibility index (Phi) is 6.54. The molecule has 4 aromatic rings. The number of nitrogens with zero attached hydrogens (tertiary/aromatic N) is 5. The zero-order valence-electron chi connectivity index (χ0n) is 18.3. The van der Waals surface area contributed by atoms with Gasteiger partial charge in [0, 0.05) is 23.3 Å². The van der Waals surface area contributed by atoms with Crippen LogP contribution in [-0.2, 0) is 6.54 Å². The van der Waals surface area contributed by atoms with E-state index in [9.17, 15) is 9.18 Å². The summed E-state index contributed by atoms with van der Waals surface area (Å²) in [4.78, 5) is 12.6. The number of allylic oxidation sites excluding steroid dienone is 1. The summed E-state index contributed by atoms with van der Waals surface area (Å²) >= 11 is 0. The van der Waals surface area contributed by atoms with Gasteiger partial charge in [-0.3, -0.25) is 4.79 Å². The fourth-order valence-electron chi connectivity index (χ4n) is 3.56. The standard InChI is InChI=1S/C25H23FN6O/c1-18-15-24(19(2)32(18)23-12-10-21(26)11-13-23)25(33)29-27-14-6-9-22-17-31(30-28-22)16-20-7-4-3-5-8-20/h3-15,17H,16H2,1-2H3,(H,29,33). The maximum Gasteiger partial charge on any atom is 0.273 e. The molecule has 8 heteroatoms. The zero-order valence-corrected chi connectivity index (χ0v) is 18.3. The maximum atomic E-state index is 13.2. The highest BCUT2D eigenvalue weighted by Crippen LogP contribution is 2.21. The number of hydrogen-bond donors (Lipinski definition) is 1. The molecule has 2 aromatic carbocycles. The summed E-state index contributed by atoms with van der Waals surface area (Å²) in [7, 11) is 0. The molecule has 0 radical (unpaired) electrons. The van der Waals surface area contributed by atoms with Crippen molar-refractivity contribution in [3.63, 3.8) is 0 Å². The molecule has 1 N–H and O–H groups in total. The van der Waals surface area contributed by atoms with Crippen molar-refractivity contribution in [1.29, 1.82) is 0 Å². The highest BCUT2D eigenvalue weighted by atomic mass is 19.1. The first-order chi connectivity index (χ1) is 16.0. The molecule has 0 aliphatic carbocycles. The van der Waals surface area contributed by atoms with Gasteiger partial charge in [-0.25, -0.2) is 14.5 Å². The summed E-state index contributed by atoms with van der Waals surface area (Å²) in [5.74, 6) is -0.629. The molecule has 0 unspecified atom stereocenters. The van der Waals surface area contributed by atoms with Crippen molar-refractivity contribution in [1.82, 2.24) is 25.0 Å². The van der Waals surface area contributed by atoms with Gasteiger partial charge in [-0.2, -0.15) is 5.10 Å². The van der Waals surface area contributed by atoms with E-state index >= 15 is 0 Å². The SMILES string of the molecule is Cc1cc(C(=O)NN=CC=Cc2cn(Cc3ccccc3)nn2)c(C)n1-c1ccc(F)cc1. The Morgan fingerprint density at radius 1 is 1.12 bits per heavy atom. The normalized spacial score (nSPS) is 11.5. The minimum atomic E-state index is -0.324. The third-order valence-corrected chi connectivity index (χ3v) is 5.10. The van der Waals surface area contributed by atoms with E-state index in [1.165, 1.54) is 18.3 Å². The van der Waals surface area contributed by atoms with E-state index in [-0.39, 0.29) is 11.7 Å². The van der Waals surface area contributed by atoms with E-state index in [4.69, 9.17) is 0 Å². The summed E-state index contributed by atoms with van der Waals surface area (Å²) < 4.78 is 16.9. The van der Waals surface area contributed by atoms with Crippen LogP contribution in [0.1, 0.15) is 33.0 Å². The van der Waals surface area contributed by atoms with Gasteiger partial charge in [0.2, 0.25) is 0 Å². The average Bonchev–Trinajstić information content (AvgIpc) is 3.38. The maximum absolute atomic E-state index is 13.2. The van der Waals surface area contributed by atoms with Crippen LogP contribution in [0.25, 0.3) is 11.8 Å². The van der Waals surface area contributed by atoms with Gasteiger partial charge in [0.25, 0.3) is 5.91 Å². The van der Waals surface area contributed by atoms with Crippen molar-refractivity contribution in [3.05, 3.63) is 107 Å². The number of halogens is 1. The lowest BCUT2D eigenvalue weighted by atomic mass is 10.2. The van der Waals surface area contributed by atoms with Gasteiger partial charge >= 0.3 is 0 Å². The van der Waals surface area contributed by atoms with E-state index in [1.807, 2.05) is 54.9 Å². The van der Waals surface area contributed by atoms with Crippen molar-refractivity contribution in [2.75, 3.05) is 0 Å². The van der Waals surface area contributed by atoms with Crippen molar-refractivity contribution in [2.24, 2.45) is 5.10 Å². The van der Waals surface area contributed by atoms with Gasteiger partial charge < -0.3 is 4.57 Å². The molecule has 0 aliphatic rings. The highest BCUT2D eigenvalue weighted by molar-refractivity contribution is 5.96. The lowest BCUT2D eigenvalue weighted by Crippen LogP contribution is -2.18. The van der Waals surface area contributed by atoms with E-state index in [0.717, 1.165) is 22.6 Å². The van der Waals surface area contributed by atoms with Gasteiger partial charge in [-0.05, 0) is 61.9 Å². The monoisotopic (exact) mass is 442 g/mol. The number of carbonyl (C=O) groups is 1. The summed E-state index contributed by atoms with van der Waals surface area (Å²) in [6.45, 7) is 4.37. The van der Waals surface area contributed by atoms with Crippen molar-refractivity contribution >= 4 is 18.2 Å². The number of hydrazone groups is 1. The van der Waals surface area contributed by atoms with Crippen molar-refractivity contribution in [2.45, 2.75) is 20.4 Å². The Morgan fingerprint density at radius 3 is 2.64 bits per heavy atom. The predicted molar refractivity (Wildman–Crippen MR) is 126 cm³/mol. The zero-order chi connectivity index (χ0) is 23.2. The molecule has 7 nitrogen and oxygen atoms in total. The number of carbonyl (C=O) groups excluding carboxylic acids is 1. The lowest BCUT2D eigenvalue weighted by molar-refractivity contribution is 0.0954. The van der Waals surface area contributed by atoms with Crippen LogP contribution in [0, 0.1) is 19.7 Å². The molecule has 4 rings (SSSR count). The second kappa shape index (κ2) is 9.86. The van der Waals surface area contributed by atoms with Crippen LogP contribution in [0.4, 0.5) is 4.39 Å². The van der Waals surface area contributed by atoms with Crippen LogP contribution in [0.15, 0.2) is 78.0 Å². The van der Waals surface area contributed by atoms with Crippen LogP contribution < -0.4 is 5.43 Å². The molecule has 0 saturated carbocycles. The molecule has 0 saturated heterocycles. The molecule has 33 heavy (non-hydrogen) atoms. The molecule has 2 heterocycles. The number of nitrogens with one attached hydrogen (secondary N) is 1. The van der Waals surface area contributed by atoms with Gasteiger partial charge in [0.15, 0.2) is 0 Å². The minimum Gasteiger partial charge on any atom is -0.318 e. The Labute approximate surface area is 190 Å². The van der Waals surface area contributed by atoms with Gasteiger partial charge in [0.1, 0.15) is 11.5 Å². The first kappa shape index (κ1) is 21.9. The molecule has 0 aliphatic heterocycles. The second-order valence-electron chi connectivity index (χ2n) is 7.50. The molecule has 1 amide bonds. The third kappa shape index (κ3) is 5.30. The number of rotatable bonds is 7. The smallest absolute Gasteiger partial charge is 0.273 e. The minimum absolute atomic E-state index is 0.305. The summed E-state index contributed by atoms with van der Waals surface area (Å²) in [6.07, 6.45) is 6.75. The Bertz CT molecular complexity index is 1300. The molecule has 0 bridgehead atoms. The third-order valence-electron chi connectivity index (χ3n) is 5.10. The number of hydrogen-bond acceptors (Lipinski definition) is 4. The van der Waals surface area contributed by atoms with Crippen LogP contribution in [0.5, 0.6) is 0 Å².